The van der Waals surface area contributed by atoms with Crippen molar-refractivity contribution in [3.8, 4) is 0 Å². The van der Waals surface area contributed by atoms with E-state index in [-0.39, 0.29) is 17.2 Å². The van der Waals surface area contributed by atoms with Gasteiger partial charge in [0.2, 0.25) is 4.96 Å². The summed E-state index contributed by atoms with van der Waals surface area (Å²) in [7, 11) is 1.48. The summed E-state index contributed by atoms with van der Waals surface area (Å²) >= 11 is 1.23. The van der Waals surface area contributed by atoms with E-state index in [2.05, 4.69) is 15.4 Å². The smallest absolute Gasteiger partial charge is 0.295 e. The highest BCUT2D eigenvalue weighted by atomic mass is 32.1. The van der Waals surface area contributed by atoms with Gasteiger partial charge in [-0.1, -0.05) is 30.3 Å². The Morgan fingerprint density at radius 1 is 1.35 bits per heavy atom. The maximum absolute atomic E-state index is 12.5. The van der Waals surface area contributed by atoms with Crippen LogP contribution in [-0.2, 0) is 9.53 Å². The molecule has 23 heavy (non-hydrogen) atoms. The first-order valence-corrected chi connectivity index (χ1v) is 7.72. The summed E-state index contributed by atoms with van der Waals surface area (Å²) in [5, 5.41) is 8.59. The van der Waals surface area contributed by atoms with Crippen LogP contribution >= 0.6 is 11.3 Å². The number of amides is 1. The highest BCUT2D eigenvalue weighted by Gasteiger charge is 2.21. The normalized spacial score (nSPS) is 12.3. The molecule has 1 N–H and O–H groups in total. The average molecular weight is 330 g/mol. The number of carbonyl (C=O) groups is 1. The van der Waals surface area contributed by atoms with E-state index in [9.17, 15) is 9.59 Å². The van der Waals surface area contributed by atoms with Gasteiger partial charge in [-0.2, -0.15) is 14.6 Å². The first-order chi connectivity index (χ1) is 11.1. The Labute approximate surface area is 135 Å². The molecule has 0 radical (unpaired) electrons. The number of fused-ring (bicyclic) bond motifs is 1. The summed E-state index contributed by atoms with van der Waals surface area (Å²) in [4.78, 5) is 28.3. The Morgan fingerprint density at radius 2 is 2.09 bits per heavy atom. The van der Waals surface area contributed by atoms with Crippen molar-refractivity contribution in [2.75, 3.05) is 12.4 Å². The first kappa shape index (κ1) is 15.3. The zero-order valence-corrected chi connectivity index (χ0v) is 13.3. The van der Waals surface area contributed by atoms with Crippen LogP contribution in [0.25, 0.3) is 4.96 Å². The predicted octanol–water partition coefficient (Wildman–Crippen LogP) is 1.79. The fourth-order valence-electron chi connectivity index (χ4n) is 2.14. The van der Waals surface area contributed by atoms with Crippen molar-refractivity contribution in [3.63, 3.8) is 0 Å². The molecule has 7 nitrogen and oxygen atoms in total. The van der Waals surface area contributed by atoms with Crippen molar-refractivity contribution >= 4 is 28.0 Å². The molecular formula is C15H14N4O3S. The van der Waals surface area contributed by atoms with Gasteiger partial charge in [0.15, 0.2) is 6.10 Å². The van der Waals surface area contributed by atoms with E-state index in [0.29, 0.717) is 10.8 Å². The molecular weight excluding hydrogens is 316 g/mol. The summed E-state index contributed by atoms with van der Waals surface area (Å²) < 4.78 is 6.74. The third-order valence-corrected chi connectivity index (χ3v) is 4.09. The van der Waals surface area contributed by atoms with Crippen molar-refractivity contribution in [1.29, 1.82) is 0 Å². The van der Waals surface area contributed by atoms with E-state index in [1.54, 1.807) is 12.3 Å². The first-order valence-electron chi connectivity index (χ1n) is 6.84. The summed E-state index contributed by atoms with van der Waals surface area (Å²) in [5.74, 6) is 0.125. The van der Waals surface area contributed by atoms with Crippen LogP contribution in [0.1, 0.15) is 17.4 Å². The number of rotatable bonds is 4. The second-order valence-corrected chi connectivity index (χ2v) is 5.67. The lowest BCUT2D eigenvalue weighted by atomic mass is 10.1. The van der Waals surface area contributed by atoms with E-state index >= 15 is 0 Å². The number of benzene rings is 1. The molecule has 8 heteroatoms. The molecule has 2 aromatic heterocycles. The Hall–Kier alpha value is -2.58. The number of aromatic nitrogens is 3. The lowest BCUT2D eigenvalue weighted by Crippen LogP contribution is -2.24. The summed E-state index contributed by atoms with van der Waals surface area (Å²) in [6, 6.07) is 9.19. The minimum absolute atomic E-state index is 0.266. The molecule has 0 aliphatic heterocycles. The number of anilines is 1. The van der Waals surface area contributed by atoms with Gasteiger partial charge in [0.1, 0.15) is 11.5 Å². The Morgan fingerprint density at radius 3 is 2.78 bits per heavy atom. The van der Waals surface area contributed by atoms with Gasteiger partial charge in [-0.05, 0) is 12.5 Å². The standard InChI is InChI=1S/C15H14N4O3S/c1-9-13(20)17-15-19(18-9)11(8-23-15)16-14(21)12(22-2)10-6-4-3-5-7-10/h3-8,12H,1-2H3,(H,16,21)/t12-/m0/s1. The minimum Gasteiger partial charge on any atom is -0.367 e. The number of nitrogens with one attached hydrogen (secondary N) is 1. The molecule has 1 aromatic carbocycles. The van der Waals surface area contributed by atoms with Crippen LogP contribution in [-0.4, -0.2) is 27.6 Å². The molecule has 0 spiro atoms. The van der Waals surface area contributed by atoms with E-state index < -0.39 is 6.10 Å². The number of nitrogens with zero attached hydrogens (tertiary/aromatic N) is 3. The highest BCUT2D eigenvalue weighted by molar-refractivity contribution is 7.15. The van der Waals surface area contributed by atoms with Gasteiger partial charge in [0.25, 0.3) is 11.5 Å². The Kier molecular flexibility index (Phi) is 4.18. The zero-order chi connectivity index (χ0) is 16.4. The van der Waals surface area contributed by atoms with Crippen molar-refractivity contribution < 1.29 is 9.53 Å². The van der Waals surface area contributed by atoms with Crippen molar-refractivity contribution in [2.45, 2.75) is 13.0 Å². The maximum Gasteiger partial charge on any atom is 0.295 e. The molecule has 1 amide bonds. The van der Waals surface area contributed by atoms with E-state index in [4.69, 9.17) is 4.74 Å². The van der Waals surface area contributed by atoms with Crippen LogP contribution in [0.3, 0.4) is 0 Å². The molecule has 0 saturated heterocycles. The number of carbonyl (C=O) groups excluding carboxylic acids is 1. The van der Waals surface area contributed by atoms with Gasteiger partial charge in [0.05, 0.1) is 0 Å². The van der Waals surface area contributed by atoms with Crippen LogP contribution in [0.15, 0.2) is 40.5 Å². The van der Waals surface area contributed by atoms with E-state index in [1.165, 1.54) is 23.0 Å². The number of methoxy groups -OCH3 is 1. The van der Waals surface area contributed by atoms with Gasteiger partial charge in [0, 0.05) is 12.5 Å². The minimum atomic E-state index is -0.736. The molecule has 0 fully saturated rings. The molecule has 3 rings (SSSR count). The fourth-order valence-corrected chi connectivity index (χ4v) is 2.89. The van der Waals surface area contributed by atoms with Crippen LogP contribution in [0, 0.1) is 6.92 Å². The van der Waals surface area contributed by atoms with Gasteiger partial charge in [-0.25, -0.2) is 0 Å². The molecule has 118 valence electrons. The molecule has 1 atom stereocenters. The number of aryl methyl sites for hydroxylation is 1. The van der Waals surface area contributed by atoms with E-state index in [1.807, 2.05) is 30.3 Å². The Bertz CT molecular complexity index is 904. The second kappa shape index (κ2) is 6.27. The van der Waals surface area contributed by atoms with E-state index in [0.717, 1.165) is 5.56 Å². The molecule has 0 saturated carbocycles. The second-order valence-electron chi connectivity index (χ2n) is 4.83. The number of hydrogen-bond acceptors (Lipinski definition) is 6. The molecule has 3 aromatic rings. The quantitative estimate of drug-likeness (QED) is 0.788. The van der Waals surface area contributed by atoms with Gasteiger partial charge < -0.3 is 10.1 Å². The predicted molar refractivity (Wildman–Crippen MR) is 86.7 cm³/mol. The van der Waals surface area contributed by atoms with Crippen LogP contribution in [0.4, 0.5) is 5.82 Å². The molecule has 0 aliphatic carbocycles. The lowest BCUT2D eigenvalue weighted by molar-refractivity contribution is -0.126. The lowest BCUT2D eigenvalue weighted by Gasteiger charge is -2.15. The Balaban J connectivity index is 1.90. The third-order valence-electron chi connectivity index (χ3n) is 3.27. The molecule has 0 bridgehead atoms. The van der Waals surface area contributed by atoms with Crippen molar-refractivity contribution in [3.05, 3.63) is 57.3 Å². The summed E-state index contributed by atoms with van der Waals surface area (Å²) in [5.41, 5.74) is 0.646. The van der Waals surface area contributed by atoms with Crippen LogP contribution in [0.2, 0.25) is 0 Å². The molecule has 2 heterocycles. The van der Waals surface area contributed by atoms with Gasteiger partial charge >= 0.3 is 0 Å². The fraction of sp³-hybridized carbons (Fsp3) is 0.200. The average Bonchev–Trinajstić information content (AvgIpc) is 2.91. The largest absolute Gasteiger partial charge is 0.367 e. The van der Waals surface area contributed by atoms with Gasteiger partial charge in [-0.3, -0.25) is 9.59 Å². The monoisotopic (exact) mass is 330 g/mol. The molecule has 0 aliphatic rings. The SMILES string of the molecule is CO[C@H](C(=O)Nc1csc2nc(=O)c(C)nn12)c1ccccc1. The van der Waals surface area contributed by atoms with Crippen LogP contribution < -0.4 is 10.9 Å². The number of hydrogen-bond donors (Lipinski definition) is 1. The maximum atomic E-state index is 12.5. The number of thiazole rings is 1. The summed E-state index contributed by atoms with van der Waals surface area (Å²) in [6.07, 6.45) is -0.736. The summed E-state index contributed by atoms with van der Waals surface area (Å²) in [6.45, 7) is 1.58. The number of ether oxygens (including phenoxy) is 1. The highest BCUT2D eigenvalue weighted by Crippen LogP contribution is 2.21. The topological polar surface area (TPSA) is 85.6 Å². The van der Waals surface area contributed by atoms with Crippen molar-refractivity contribution in [2.24, 2.45) is 0 Å². The van der Waals surface area contributed by atoms with Crippen molar-refractivity contribution in [1.82, 2.24) is 14.6 Å². The zero-order valence-electron chi connectivity index (χ0n) is 12.5. The van der Waals surface area contributed by atoms with Crippen LogP contribution in [0.5, 0.6) is 0 Å². The van der Waals surface area contributed by atoms with Gasteiger partial charge in [-0.15, -0.1) is 11.3 Å². The third kappa shape index (κ3) is 2.99. The molecule has 0 unspecified atom stereocenters.